The zero-order valence-electron chi connectivity index (χ0n) is 17.9. The maximum Gasteiger partial charge on any atom is 0.331 e. The molecule has 0 aliphatic rings. The topological polar surface area (TPSA) is 103 Å². The van der Waals surface area contributed by atoms with Gasteiger partial charge in [0, 0.05) is 16.1 Å². The van der Waals surface area contributed by atoms with E-state index < -0.39 is 24.4 Å². The monoisotopic (exact) mass is 504 g/mol. The summed E-state index contributed by atoms with van der Waals surface area (Å²) in [4.78, 5) is 35.6. The number of ether oxygens (including phenoxy) is 3. The molecular weight excluding hydrogens is 480 g/mol. The van der Waals surface area contributed by atoms with E-state index in [0.29, 0.717) is 35.8 Å². The van der Waals surface area contributed by atoms with Crippen LogP contribution in [0.1, 0.15) is 36.2 Å². The Bertz CT molecular complexity index is 959. The van der Waals surface area contributed by atoms with Crippen LogP contribution in [0.4, 0.5) is 0 Å². The molecule has 0 spiro atoms. The molecule has 2 N–H and O–H groups in total. The molecule has 0 saturated heterocycles. The summed E-state index contributed by atoms with van der Waals surface area (Å²) < 4.78 is 16.9. The van der Waals surface area contributed by atoms with Crippen molar-refractivity contribution in [2.45, 2.75) is 20.3 Å². The number of carbonyl (C=O) groups is 3. The number of carbonyl (C=O) groups excluding carboxylic acids is 3. The molecule has 2 aromatic carbocycles. The number of rotatable bonds is 10. The van der Waals surface area contributed by atoms with Crippen LogP contribution < -0.4 is 20.3 Å². The van der Waals surface area contributed by atoms with E-state index in [9.17, 15) is 14.4 Å². The Morgan fingerprint density at radius 1 is 0.969 bits per heavy atom. The Balaban J connectivity index is 1.81. The summed E-state index contributed by atoms with van der Waals surface area (Å²) in [5.74, 6) is -0.655. The zero-order chi connectivity index (χ0) is 23.3. The van der Waals surface area contributed by atoms with Crippen molar-refractivity contribution in [3.8, 4) is 11.5 Å². The summed E-state index contributed by atoms with van der Waals surface area (Å²) >= 11 is 3.27. The molecule has 2 amide bonds. The van der Waals surface area contributed by atoms with Crippen molar-refractivity contribution >= 4 is 39.8 Å². The van der Waals surface area contributed by atoms with Gasteiger partial charge in [0.1, 0.15) is 0 Å². The summed E-state index contributed by atoms with van der Waals surface area (Å²) in [7, 11) is 0. The molecule has 0 aromatic heterocycles. The molecule has 0 unspecified atom stereocenters. The minimum Gasteiger partial charge on any atom is -0.490 e. The molecule has 170 valence electrons. The van der Waals surface area contributed by atoms with Crippen LogP contribution in [0.15, 0.2) is 53.0 Å². The zero-order valence-corrected chi connectivity index (χ0v) is 19.4. The molecule has 2 rings (SSSR count). The Hall–Kier alpha value is -3.33. The SMILES string of the molecule is CCCOc1ccc(/C=C/C(=O)OCC(=O)NNC(=O)c2ccc(Br)cc2)cc1OCC. The van der Waals surface area contributed by atoms with E-state index in [4.69, 9.17) is 14.2 Å². The van der Waals surface area contributed by atoms with Crippen molar-refractivity contribution in [1.82, 2.24) is 10.9 Å². The second-order valence-corrected chi connectivity index (χ2v) is 7.35. The van der Waals surface area contributed by atoms with Gasteiger partial charge in [0.2, 0.25) is 0 Å². The number of hydrogen-bond acceptors (Lipinski definition) is 6. The van der Waals surface area contributed by atoms with Crippen molar-refractivity contribution < 1.29 is 28.6 Å². The van der Waals surface area contributed by atoms with Crippen LogP contribution in [0.25, 0.3) is 6.08 Å². The second-order valence-electron chi connectivity index (χ2n) is 6.44. The predicted octanol–water partition coefficient (Wildman–Crippen LogP) is 3.65. The molecule has 0 atom stereocenters. The standard InChI is InChI=1S/C23H25BrN2O6/c1-3-13-31-19-11-5-16(14-20(19)30-4-2)6-12-22(28)32-15-21(27)25-26-23(29)17-7-9-18(24)10-8-17/h5-12,14H,3-4,13,15H2,1-2H3,(H,25,27)(H,26,29)/b12-6+. The average Bonchev–Trinajstić information content (AvgIpc) is 2.79. The first-order chi connectivity index (χ1) is 15.4. The predicted molar refractivity (Wildman–Crippen MR) is 123 cm³/mol. The molecule has 32 heavy (non-hydrogen) atoms. The van der Waals surface area contributed by atoms with Gasteiger partial charge >= 0.3 is 5.97 Å². The Kier molecular flexibility index (Phi) is 10.3. The molecule has 0 aliphatic carbocycles. The first-order valence-corrected chi connectivity index (χ1v) is 10.8. The maximum atomic E-state index is 11.9. The van der Waals surface area contributed by atoms with Crippen LogP contribution in [-0.4, -0.2) is 37.6 Å². The minimum absolute atomic E-state index is 0.367. The fourth-order valence-corrected chi connectivity index (χ4v) is 2.68. The highest BCUT2D eigenvalue weighted by molar-refractivity contribution is 9.10. The van der Waals surface area contributed by atoms with Gasteiger partial charge in [-0.2, -0.15) is 0 Å². The van der Waals surface area contributed by atoms with Crippen molar-refractivity contribution in [2.75, 3.05) is 19.8 Å². The van der Waals surface area contributed by atoms with Crippen LogP contribution in [-0.2, 0) is 14.3 Å². The summed E-state index contributed by atoms with van der Waals surface area (Å²) in [6, 6.07) is 11.9. The Morgan fingerprint density at radius 2 is 1.72 bits per heavy atom. The van der Waals surface area contributed by atoms with E-state index in [1.807, 2.05) is 13.8 Å². The normalized spacial score (nSPS) is 10.5. The number of esters is 1. The molecule has 0 aliphatic heterocycles. The number of halogens is 1. The van der Waals surface area contributed by atoms with Gasteiger partial charge in [0.25, 0.3) is 11.8 Å². The lowest BCUT2D eigenvalue weighted by Gasteiger charge is -2.12. The van der Waals surface area contributed by atoms with Gasteiger partial charge in [0.15, 0.2) is 18.1 Å². The van der Waals surface area contributed by atoms with Crippen LogP contribution >= 0.6 is 15.9 Å². The summed E-state index contributed by atoms with van der Waals surface area (Å²) in [6.07, 6.45) is 3.62. The Labute approximate surface area is 195 Å². The molecule has 0 bridgehead atoms. The quantitative estimate of drug-likeness (QED) is 0.290. The van der Waals surface area contributed by atoms with Gasteiger partial charge < -0.3 is 14.2 Å². The molecule has 9 heteroatoms. The van der Waals surface area contributed by atoms with E-state index in [2.05, 4.69) is 26.8 Å². The third-order valence-electron chi connectivity index (χ3n) is 3.91. The van der Waals surface area contributed by atoms with Crippen molar-refractivity contribution in [1.29, 1.82) is 0 Å². The van der Waals surface area contributed by atoms with Crippen molar-refractivity contribution in [3.63, 3.8) is 0 Å². The van der Waals surface area contributed by atoms with Gasteiger partial charge in [-0.3, -0.25) is 20.4 Å². The van der Waals surface area contributed by atoms with Crippen LogP contribution in [0.5, 0.6) is 11.5 Å². The smallest absolute Gasteiger partial charge is 0.331 e. The van der Waals surface area contributed by atoms with E-state index in [0.717, 1.165) is 10.9 Å². The van der Waals surface area contributed by atoms with Crippen LogP contribution in [0.2, 0.25) is 0 Å². The first-order valence-electron chi connectivity index (χ1n) is 10.0. The molecule has 8 nitrogen and oxygen atoms in total. The van der Waals surface area contributed by atoms with Gasteiger partial charge in [-0.05, 0) is 61.4 Å². The fraction of sp³-hybridized carbons (Fsp3) is 0.261. The third kappa shape index (κ3) is 8.43. The number of hydrazine groups is 1. The number of benzene rings is 2. The molecular formula is C23H25BrN2O6. The maximum absolute atomic E-state index is 11.9. The lowest BCUT2D eigenvalue weighted by molar-refractivity contribution is -0.144. The minimum atomic E-state index is -0.705. The highest BCUT2D eigenvalue weighted by atomic mass is 79.9. The van der Waals surface area contributed by atoms with Gasteiger partial charge in [-0.15, -0.1) is 0 Å². The second kappa shape index (κ2) is 13.2. The van der Waals surface area contributed by atoms with Crippen LogP contribution in [0, 0.1) is 0 Å². The summed E-state index contributed by atoms with van der Waals surface area (Å²) in [5.41, 5.74) is 5.51. The number of hydrogen-bond donors (Lipinski definition) is 2. The van der Waals surface area contributed by atoms with E-state index in [-0.39, 0.29) is 0 Å². The molecule has 0 saturated carbocycles. The molecule has 0 fully saturated rings. The summed E-state index contributed by atoms with van der Waals surface area (Å²) in [6.45, 7) is 4.39. The largest absolute Gasteiger partial charge is 0.490 e. The van der Waals surface area contributed by atoms with E-state index in [1.54, 1.807) is 48.5 Å². The van der Waals surface area contributed by atoms with Crippen LogP contribution in [0.3, 0.4) is 0 Å². The molecule has 0 radical (unpaired) electrons. The summed E-state index contributed by atoms with van der Waals surface area (Å²) in [5, 5.41) is 0. The molecule has 2 aromatic rings. The van der Waals surface area contributed by atoms with Crippen molar-refractivity contribution in [3.05, 3.63) is 64.1 Å². The average molecular weight is 505 g/mol. The number of amides is 2. The Morgan fingerprint density at radius 3 is 2.41 bits per heavy atom. The highest BCUT2D eigenvalue weighted by Crippen LogP contribution is 2.29. The van der Waals surface area contributed by atoms with Crippen molar-refractivity contribution in [2.24, 2.45) is 0 Å². The van der Waals surface area contributed by atoms with Gasteiger partial charge in [0.05, 0.1) is 13.2 Å². The van der Waals surface area contributed by atoms with E-state index in [1.165, 1.54) is 6.08 Å². The lowest BCUT2D eigenvalue weighted by atomic mass is 10.2. The molecule has 0 heterocycles. The lowest BCUT2D eigenvalue weighted by Crippen LogP contribution is -2.43. The highest BCUT2D eigenvalue weighted by Gasteiger charge is 2.09. The van der Waals surface area contributed by atoms with Gasteiger partial charge in [-0.1, -0.05) is 28.9 Å². The third-order valence-corrected chi connectivity index (χ3v) is 4.44. The fourth-order valence-electron chi connectivity index (χ4n) is 2.41. The number of nitrogens with one attached hydrogen (secondary N) is 2. The van der Waals surface area contributed by atoms with Gasteiger partial charge in [-0.25, -0.2) is 4.79 Å². The first kappa shape index (κ1) is 24.9. The van der Waals surface area contributed by atoms with E-state index >= 15 is 0 Å².